The van der Waals surface area contributed by atoms with Crippen molar-refractivity contribution in [2.24, 2.45) is 7.05 Å². The van der Waals surface area contributed by atoms with Gasteiger partial charge in [-0.2, -0.15) is 0 Å². The van der Waals surface area contributed by atoms with Crippen LogP contribution in [0, 0.1) is 0 Å². The topological polar surface area (TPSA) is 31.2 Å². The first kappa shape index (κ1) is 17.4. The fraction of sp³-hybridized carbons (Fsp3) is 0.364. The van der Waals surface area contributed by atoms with E-state index in [-0.39, 0.29) is 10.8 Å². The number of nitrogens with zero attached hydrogens (tertiary/aromatic N) is 1. The van der Waals surface area contributed by atoms with Gasteiger partial charge in [-0.1, -0.05) is 6.58 Å². The number of hydrogen-bond acceptors (Lipinski definition) is 2. The SMILES string of the molecule is C=C(C)c1ccc(C(C)(C)c2ccc(C(C)(C)c3cccn3C)o2)o1. The minimum Gasteiger partial charge on any atom is -0.464 e. The van der Waals surface area contributed by atoms with Crippen LogP contribution >= 0.6 is 0 Å². The first-order chi connectivity index (χ1) is 11.6. The second kappa shape index (κ2) is 5.83. The molecule has 3 heteroatoms. The van der Waals surface area contributed by atoms with Crippen molar-refractivity contribution in [1.82, 2.24) is 4.57 Å². The lowest BCUT2D eigenvalue weighted by Gasteiger charge is -2.24. The molecule has 25 heavy (non-hydrogen) atoms. The third-order valence-electron chi connectivity index (χ3n) is 5.06. The van der Waals surface area contributed by atoms with Gasteiger partial charge in [0, 0.05) is 18.9 Å². The smallest absolute Gasteiger partial charge is 0.129 e. The first-order valence-electron chi connectivity index (χ1n) is 8.63. The van der Waals surface area contributed by atoms with Crippen LogP contribution < -0.4 is 0 Å². The van der Waals surface area contributed by atoms with Crippen LogP contribution in [0.5, 0.6) is 0 Å². The van der Waals surface area contributed by atoms with Crippen LogP contribution in [0.3, 0.4) is 0 Å². The summed E-state index contributed by atoms with van der Waals surface area (Å²) in [5.41, 5.74) is 1.58. The molecule has 0 aliphatic heterocycles. The normalized spacial score (nSPS) is 12.6. The van der Waals surface area contributed by atoms with Crippen LogP contribution in [0.2, 0.25) is 0 Å². The van der Waals surface area contributed by atoms with Gasteiger partial charge in [0.2, 0.25) is 0 Å². The molecule has 0 aliphatic rings. The Morgan fingerprint density at radius 2 is 1.44 bits per heavy atom. The van der Waals surface area contributed by atoms with E-state index in [9.17, 15) is 0 Å². The van der Waals surface area contributed by atoms with Gasteiger partial charge in [0.05, 0.1) is 10.8 Å². The number of allylic oxidation sites excluding steroid dienone is 1. The molecule has 0 spiro atoms. The Labute approximate surface area is 150 Å². The molecule has 0 aromatic carbocycles. The van der Waals surface area contributed by atoms with Crippen molar-refractivity contribution in [2.45, 2.75) is 45.4 Å². The molecular weight excluding hydrogens is 310 g/mol. The third kappa shape index (κ3) is 2.88. The number of rotatable bonds is 5. The number of aromatic nitrogens is 1. The lowest BCUT2D eigenvalue weighted by molar-refractivity contribution is 0.328. The fourth-order valence-electron chi connectivity index (χ4n) is 3.27. The Balaban J connectivity index is 1.97. The van der Waals surface area contributed by atoms with Crippen LogP contribution in [-0.4, -0.2) is 4.57 Å². The lowest BCUT2D eigenvalue weighted by atomic mass is 9.86. The zero-order valence-corrected chi connectivity index (χ0v) is 16.0. The molecule has 0 N–H and O–H groups in total. The van der Waals surface area contributed by atoms with Crippen LogP contribution in [-0.2, 0) is 17.9 Å². The highest BCUT2D eigenvalue weighted by Gasteiger charge is 2.34. The van der Waals surface area contributed by atoms with E-state index >= 15 is 0 Å². The molecule has 0 radical (unpaired) electrons. The van der Waals surface area contributed by atoms with E-state index in [1.807, 2.05) is 19.1 Å². The van der Waals surface area contributed by atoms with Crippen molar-refractivity contribution in [1.29, 1.82) is 0 Å². The van der Waals surface area contributed by atoms with E-state index in [0.29, 0.717) is 0 Å². The Bertz CT molecular complexity index is 902. The van der Waals surface area contributed by atoms with Gasteiger partial charge in [-0.05, 0) is 76.6 Å². The van der Waals surface area contributed by atoms with E-state index in [1.54, 1.807) is 0 Å². The zero-order chi connectivity index (χ0) is 18.4. The molecule has 0 aliphatic carbocycles. The molecule has 0 saturated carbocycles. The predicted octanol–water partition coefficient (Wildman–Crippen LogP) is 5.90. The van der Waals surface area contributed by atoms with E-state index in [2.05, 4.69) is 76.4 Å². The molecule has 0 atom stereocenters. The van der Waals surface area contributed by atoms with Gasteiger partial charge in [0.1, 0.15) is 23.0 Å². The second-order valence-electron chi connectivity index (χ2n) is 7.86. The quantitative estimate of drug-likeness (QED) is 0.581. The molecule has 3 rings (SSSR count). The minimum atomic E-state index is -0.351. The zero-order valence-electron chi connectivity index (χ0n) is 16.0. The van der Waals surface area contributed by atoms with E-state index in [0.717, 1.165) is 28.6 Å². The Morgan fingerprint density at radius 1 is 0.880 bits per heavy atom. The molecule has 3 aromatic rings. The van der Waals surface area contributed by atoms with E-state index in [4.69, 9.17) is 8.83 Å². The molecule has 0 bridgehead atoms. The average molecular weight is 337 g/mol. The van der Waals surface area contributed by atoms with Gasteiger partial charge >= 0.3 is 0 Å². The largest absolute Gasteiger partial charge is 0.464 e. The predicted molar refractivity (Wildman–Crippen MR) is 102 cm³/mol. The molecule has 0 amide bonds. The van der Waals surface area contributed by atoms with Gasteiger partial charge < -0.3 is 13.4 Å². The van der Waals surface area contributed by atoms with Crippen molar-refractivity contribution in [3.05, 3.63) is 77.9 Å². The molecule has 3 aromatic heterocycles. The van der Waals surface area contributed by atoms with E-state index < -0.39 is 0 Å². The summed E-state index contributed by atoms with van der Waals surface area (Å²) in [5, 5.41) is 0. The van der Waals surface area contributed by atoms with Crippen LogP contribution in [0.25, 0.3) is 5.57 Å². The summed E-state index contributed by atoms with van der Waals surface area (Å²) in [6.07, 6.45) is 2.06. The number of hydrogen-bond donors (Lipinski definition) is 0. The molecule has 0 fully saturated rings. The van der Waals surface area contributed by atoms with Crippen molar-refractivity contribution in [2.75, 3.05) is 0 Å². The summed E-state index contributed by atoms with van der Waals surface area (Å²) >= 11 is 0. The van der Waals surface area contributed by atoms with E-state index in [1.165, 1.54) is 5.69 Å². The standard InChI is InChI=1S/C22H27NO2/c1-15(2)16-10-11-19(24-16)22(5,6)20-13-12-18(25-20)21(3,4)17-9-8-14-23(17)7/h8-14H,1H2,2-7H3. The maximum absolute atomic E-state index is 6.32. The first-order valence-corrected chi connectivity index (χ1v) is 8.63. The summed E-state index contributed by atoms with van der Waals surface area (Å²) in [6, 6.07) is 12.3. The van der Waals surface area contributed by atoms with Gasteiger partial charge in [0.15, 0.2) is 0 Å². The maximum Gasteiger partial charge on any atom is 0.129 e. The Hall–Kier alpha value is -2.42. The summed E-state index contributed by atoms with van der Waals surface area (Å²) < 4.78 is 14.4. The van der Waals surface area contributed by atoms with Crippen LogP contribution in [0.1, 0.15) is 63.4 Å². The van der Waals surface area contributed by atoms with Crippen LogP contribution in [0.4, 0.5) is 0 Å². The van der Waals surface area contributed by atoms with Gasteiger partial charge in [0.25, 0.3) is 0 Å². The molecule has 0 unspecified atom stereocenters. The summed E-state index contributed by atoms with van der Waals surface area (Å²) in [5.74, 6) is 3.54. The highest BCUT2D eigenvalue weighted by Crippen LogP contribution is 2.39. The van der Waals surface area contributed by atoms with Gasteiger partial charge in [-0.25, -0.2) is 0 Å². The molecule has 3 nitrogen and oxygen atoms in total. The summed E-state index contributed by atoms with van der Waals surface area (Å²) in [7, 11) is 2.06. The number of aryl methyl sites for hydroxylation is 1. The molecule has 0 saturated heterocycles. The number of furan rings is 2. The fourth-order valence-corrected chi connectivity index (χ4v) is 3.27. The monoisotopic (exact) mass is 337 g/mol. The van der Waals surface area contributed by atoms with Gasteiger partial charge in [-0.3, -0.25) is 0 Å². The summed E-state index contributed by atoms with van der Waals surface area (Å²) in [6.45, 7) is 14.5. The third-order valence-corrected chi connectivity index (χ3v) is 5.06. The van der Waals surface area contributed by atoms with Crippen molar-refractivity contribution in [3.8, 4) is 0 Å². The van der Waals surface area contributed by atoms with Crippen LogP contribution in [0.15, 0.2) is 58.0 Å². The minimum absolute atomic E-state index is 0.210. The highest BCUT2D eigenvalue weighted by molar-refractivity contribution is 5.56. The van der Waals surface area contributed by atoms with Crippen molar-refractivity contribution in [3.63, 3.8) is 0 Å². The van der Waals surface area contributed by atoms with Crippen molar-refractivity contribution < 1.29 is 8.83 Å². The second-order valence-corrected chi connectivity index (χ2v) is 7.86. The molecule has 132 valence electrons. The lowest BCUT2D eigenvalue weighted by Crippen LogP contribution is -2.22. The Kier molecular flexibility index (Phi) is 4.06. The maximum atomic E-state index is 6.32. The summed E-state index contributed by atoms with van der Waals surface area (Å²) in [4.78, 5) is 0. The average Bonchev–Trinajstić information content (AvgIpc) is 3.27. The van der Waals surface area contributed by atoms with Gasteiger partial charge in [-0.15, -0.1) is 0 Å². The van der Waals surface area contributed by atoms with Crippen molar-refractivity contribution >= 4 is 5.57 Å². The highest BCUT2D eigenvalue weighted by atomic mass is 16.4. The molecule has 3 heterocycles. The molecular formula is C22H27NO2. The Morgan fingerprint density at radius 3 is 1.96 bits per heavy atom.